The van der Waals surface area contributed by atoms with Gasteiger partial charge in [-0.3, -0.25) is 4.79 Å². The predicted octanol–water partition coefficient (Wildman–Crippen LogP) is 7.76. The van der Waals surface area contributed by atoms with E-state index in [4.69, 9.17) is 9.16 Å². The van der Waals surface area contributed by atoms with Gasteiger partial charge in [0.05, 0.1) is 0 Å². The van der Waals surface area contributed by atoms with Crippen LogP contribution in [0.25, 0.3) is 0 Å². The molecule has 3 aliphatic rings. The highest BCUT2D eigenvalue weighted by atomic mass is 28.4. The maximum absolute atomic E-state index is 11.7. The molecule has 0 saturated heterocycles. The molecule has 0 aromatic heterocycles. The van der Waals surface area contributed by atoms with Gasteiger partial charge in [-0.05, 0) is 97.6 Å². The van der Waals surface area contributed by atoms with E-state index in [0.29, 0.717) is 23.2 Å². The van der Waals surface area contributed by atoms with Crippen LogP contribution in [0.15, 0.2) is 12.2 Å². The van der Waals surface area contributed by atoms with Gasteiger partial charge in [-0.2, -0.15) is 0 Å². The Balaban J connectivity index is 1.84. The van der Waals surface area contributed by atoms with Crippen molar-refractivity contribution in [3.05, 3.63) is 12.2 Å². The molecule has 0 bridgehead atoms. The van der Waals surface area contributed by atoms with E-state index < -0.39 is 8.32 Å². The van der Waals surface area contributed by atoms with Gasteiger partial charge in [0.25, 0.3) is 0 Å². The molecule has 3 aliphatic carbocycles. The van der Waals surface area contributed by atoms with Crippen molar-refractivity contribution in [3.63, 3.8) is 0 Å². The lowest BCUT2D eigenvalue weighted by atomic mass is 9.49. The van der Waals surface area contributed by atoms with Crippen LogP contribution in [0.3, 0.4) is 0 Å². The minimum Gasteiger partial charge on any atom is -0.463 e. The second-order valence-corrected chi connectivity index (χ2v) is 18.3. The number of carbonyl (C=O) groups excluding carboxylic acids is 1. The summed E-state index contributed by atoms with van der Waals surface area (Å²) in [5.41, 5.74) is 2.08. The third-order valence-corrected chi connectivity index (χ3v) is 15.2. The minimum atomic E-state index is -1.83. The number of esters is 1. The van der Waals surface area contributed by atoms with Crippen LogP contribution in [0.1, 0.15) is 93.4 Å². The quantitative estimate of drug-likeness (QED) is 0.238. The third-order valence-electron chi connectivity index (χ3n) is 10.7. The monoisotopic (exact) mass is 462 g/mol. The van der Waals surface area contributed by atoms with E-state index in [-0.39, 0.29) is 22.5 Å². The molecule has 3 rings (SSSR count). The lowest BCUT2D eigenvalue weighted by Gasteiger charge is -2.56. The topological polar surface area (TPSA) is 35.5 Å². The Labute approximate surface area is 199 Å². The summed E-state index contributed by atoms with van der Waals surface area (Å²) in [5, 5.41) is 0.206. The summed E-state index contributed by atoms with van der Waals surface area (Å²) in [6.07, 6.45) is 8.21. The molecule has 0 aromatic rings. The van der Waals surface area contributed by atoms with Crippen molar-refractivity contribution in [3.8, 4) is 0 Å². The predicted molar refractivity (Wildman–Crippen MR) is 136 cm³/mol. The summed E-state index contributed by atoms with van der Waals surface area (Å²) in [6, 6.07) is 0. The molecule has 4 heteroatoms. The van der Waals surface area contributed by atoms with E-state index in [2.05, 4.69) is 61.2 Å². The number of hydrogen-bond donors (Lipinski definition) is 0. The van der Waals surface area contributed by atoms with Crippen molar-refractivity contribution >= 4 is 14.3 Å². The zero-order chi connectivity index (χ0) is 24.1. The lowest BCUT2D eigenvalue weighted by Crippen LogP contribution is -2.52. The van der Waals surface area contributed by atoms with Crippen molar-refractivity contribution < 1.29 is 14.0 Å². The smallest absolute Gasteiger partial charge is 0.302 e. The van der Waals surface area contributed by atoms with Crippen molar-refractivity contribution in [1.29, 1.82) is 0 Å². The van der Waals surface area contributed by atoms with Crippen molar-refractivity contribution in [2.24, 2.45) is 34.5 Å². The highest BCUT2D eigenvalue weighted by molar-refractivity contribution is 6.74. The zero-order valence-corrected chi connectivity index (χ0v) is 23.5. The molecular weight excluding hydrogens is 412 g/mol. The molecule has 0 aromatic carbocycles. The number of fused-ring (bicyclic) bond motifs is 1. The first kappa shape index (κ1) is 26.0. The third kappa shape index (κ3) is 4.65. The van der Waals surface area contributed by atoms with Crippen LogP contribution < -0.4 is 0 Å². The first-order valence-corrected chi connectivity index (χ1v) is 16.0. The summed E-state index contributed by atoms with van der Waals surface area (Å²) in [5.74, 6) is 2.47. The first-order chi connectivity index (χ1) is 14.6. The van der Waals surface area contributed by atoms with Gasteiger partial charge < -0.3 is 9.16 Å². The molecule has 32 heavy (non-hydrogen) atoms. The maximum Gasteiger partial charge on any atom is 0.302 e. The number of hydrogen-bond acceptors (Lipinski definition) is 3. The van der Waals surface area contributed by atoms with Crippen LogP contribution in [0.4, 0.5) is 0 Å². The fourth-order valence-corrected chi connectivity index (χ4v) is 8.38. The summed E-state index contributed by atoms with van der Waals surface area (Å²) in [6.45, 7) is 26.0. The van der Waals surface area contributed by atoms with E-state index in [1.165, 1.54) is 31.3 Å². The van der Waals surface area contributed by atoms with Crippen molar-refractivity contribution in [2.75, 3.05) is 6.61 Å². The van der Waals surface area contributed by atoms with Gasteiger partial charge in [-0.15, -0.1) is 0 Å². The summed E-state index contributed by atoms with van der Waals surface area (Å²) < 4.78 is 12.5. The Kier molecular flexibility index (Phi) is 7.21. The second kappa shape index (κ2) is 8.87. The first-order valence-electron chi connectivity index (χ1n) is 13.1. The van der Waals surface area contributed by atoms with Crippen LogP contribution in [-0.4, -0.2) is 27.0 Å². The normalized spacial score (nSPS) is 40.8. The molecule has 3 nitrogen and oxygen atoms in total. The van der Waals surface area contributed by atoms with Crippen LogP contribution in [0, 0.1) is 34.5 Å². The highest BCUT2D eigenvalue weighted by Gasteiger charge is 2.56. The van der Waals surface area contributed by atoms with Crippen LogP contribution in [0.2, 0.25) is 18.1 Å². The molecule has 0 N–H and O–H groups in total. The van der Waals surface area contributed by atoms with Gasteiger partial charge in [0.2, 0.25) is 0 Å². The van der Waals surface area contributed by atoms with Crippen LogP contribution in [-0.2, 0) is 14.0 Å². The molecule has 0 spiro atoms. The van der Waals surface area contributed by atoms with Crippen LogP contribution in [0.5, 0.6) is 0 Å². The van der Waals surface area contributed by atoms with Crippen molar-refractivity contribution in [2.45, 2.75) is 118 Å². The molecule has 0 amide bonds. The average Bonchev–Trinajstić information content (AvgIpc) is 2.97. The van der Waals surface area contributed by atoms with Gasteiger partial charge in [0, 0.05) is 13.5 Å². The standard InChI is InChI=1S/C28H50O3Si/c1-19-11-12-24-20(2)25(14-16-27(19,24)7)28(8)15-13-23(31-21(3)29)17-22(28)18-30-32(9,10)26(4,5)6/h20,22-25H,1,11-18H2,2-10H3/t20-,22+,23-,24-,25-,27+,28-/m0/s1. The minimum absolute atomic E-state index is 0.0454. The molecule has 0 heterocycles. The fraction of sp³-hybridized carbons (Fsp3) is 0.893. The van der Waals surface area contributed by atoms with E-state index in [0.717, 1.165) is 31.8 Å². The molecule has 3 fully saturated rings. The van der Waals surface area contributed by atoms with E-state index in [1.54, 1.807) is 6.92 Å². The lowest BCUT2D eigenvalue weighted by molar-refractivity contribution is -0.155. The van der Waals surface area contributed by atoms with Gasteiger partial charge >= 0.3 is 5.97 Å². The maximum atomic E-state index is 11.7. The molecule has 0 radical (unpaired) electrons. The van der Waals surface area contributed by atoms with E-state index >= 15 is 0 Å². The number of carbonyl (C=O) groups is 1. The Bertz CT molecular complexity index is 723. The van der Waals surface area contributed by atoms with Crippen LogP contribution >= 0.6 is 0 Å². The largest absolute Gasteiger partial charge is 0.463 e. The number of allylic oxidation sites excluding steroid dienone is 1. The van der Waals surface area contributed by atoms with E-state index in [1.807, 2.05) is 0 Å². The van der Waals surface area contributed by atoms with Gasteiger partial charge in [-0.25, -0.2) is 0 Å². The molecular formula is C28H50O3Si. The Morgan fingerprint density at radius 3 is 2.38 bits per heavy atom. The van der Waals surface area contributed by atoms with Crippen molar-refractivity contribution in [1.82, 2.24) is 0 Å². The van der Waals surface area contributed by atoms with Gasteiger partial charge in [0.15, 0.2) is 8.32 Å². The van der Waals surface area contributed by atoms with Gasteiger partial charge in [-0.1, -0.05) is 53.7 Å². The summed E-state index contributed by atoms with van der Waals surface area (Å²) in [7, 11) is -1.83. The Morgan fingerprint density at radius 2 is 1.78 bits per heavy atom. The summed E-state index contributed by atoms with van der Waals surface area (Å²) in [4.78, 5) is 11.7. The zero-order valence-electron chi connectivity index (χ0n) is 22.5. The van der Waals surface area contributed by atoms with Gasteiger partial charge in [0.1, 0.15) is 6.10 Å². The fourth-order valence-electron chi connectivity index (χ4n) is 7.32. The molecule has 3 saturated carbocycles. The molecule has 184 valence electrons. The Hall–Kier alpha value is -0.613. The molecule has 0 aliphatic heterocycles. The Morgan fingerprint density at radius 1 is 1.12 bits per heavy atom. The second-order valence-electron chi connectivity index (χ2n) is 13.5. The highest BCUT2D eigenvalue weighted by Crippen LogP contribution is 2.63. The molecule has 7 atom stereocenters. The van der Waals surface area contributed by atoms with E-state index in [9.17, 15) is 4.79 Å². The summed E-state index contributed by atoms with van der Waals surface area (Å²) >= 11 is 0. The SMILES string of the molecule is C=C1CC[C@H]2[C@H](C)[C@@H]([C@@]3(C)CC[C@H](OC(C)=O)C[C@@H]3CO[Si](C)(C)C(C)(C)C)CC[C@]12C. The number of rotatable bonds is 5. The molecule has 0 unspecified atom stereocenters. The number of ether oxygens (including phenoxy) is 1. The average molecular weight is 463 g/mol.